The first kappa shape index (κ1) is 16.5. The Balaban J connectivity index is 1.97. The highest BCUT2D eigenvalue weighted by Gasteiger charge is 2.28. The van der Waals surface area contributed by atoms with Crippen molar-refractivity contribution in [1.29, 1.82) is 0 Å². The van der Waals surface area contributed by atoms with Gasteiger partial charge in [0.15, 0.2) is 0 Å². The standard InChI is InChI=1S/C14H13N3O5S2/c1-24(21,22)14-15-4-2-9(16-14)11-6-8-10(23-11)3-5-17(13(8)20)7-12(18)19/h2,4,6H,3,5,7H2,1H3,(H,18,19). The molecule has 3 rings (SSSR count). The minimum atomic E-state index is -3.53. The number of fused-ring (bicyclic) bond motifs is 1. The first-order valence-electron chi connectivity index (χ1n) is 6.93. The Bertz CT molecular complexity index is 936. The lowest BCUT2D eigenvalue weighted by Crippen LogP contribution is -2.40. The molecule has 1 N–H and O–H groups in total. The van der Waals surface area contributed by atoms with Gasteiger partial charge in [-0.25, -0.2) is 18.4 Å². The normalized spacial score (nSPS) is 14.5. The Kier molecular flexibility index (Phi) is 4.10. The second-order valence-corrected chi connectivity index (χ2v) is 8.36. The highest BCUT2D eigenvalue weighted by molar-refractivity contribution is 7.90. The van der Waals surface area contributed by atoms with Crippen molar-refractivity contribution in [1.82, 2.24) is 14.9 Å². The minimum Gasteiger partial charge on any atom is -0.480 e. The molecule has 1 aliphatic rings. The largest absolute Gasteiger partial charge is 0.480 e. The third-order valence-electron chi connectivity index (χ3n) is 3.48. The topological polar surface area (TPSA) is 118 Å². The Morgan fingerprint density at radius 1 is 1.46 bits per heavy atom. The number of carboxylic acid groups (broad SMARTS) is 1. The molecule has 0 saturated carbocycles. The van der Waals surface area contributed by atoms with Gasteiger partial charge in [-0.2, -0.15) is 0 Å². The number of rotatable bonds is 4. The summed E-state index contributed by atoms with van der Waals surface area (Å²) < 4.78 is 23.1. The molecule has 0 bridgehead atoms. The van der Waals surface area contributed by atoms with E-state index >= 15 is 0 Å². The monoisotopic (exact) mass is 367 g/mol. The van der Waals surface area contributed by atoms with Crippen molar-refractivity contribution in [3.05, 3.63) is 28.8 Å². The molecule has 0 radical (unpaired) electrons. The van der Waals surface area contributed by atoms with E-state index < -0.39 is 15.8 Å². The van der Waals surface area contributed by atoms with Gasteiger partial charge in [-0.1, -0.05) is 0 Å². The maximum absolute atomic E-state index is 12.4. The predicted octanol–water partition coefficient (Wildman–Crippen LogP) is 0.692. The Morgan fingerprint density at radius 3 is 2.88 bits per heavy atom. The number of carboxylic acids is 1. The van der Waals surface area contributed by atoms with Crippen molar-refractivity contribution in [3.63, 3.8) is 0 Å². The molecule has 2 aromatic rings. The summed E-state index contributed by atoms with van der Waals surface area (Å²) in [5.41, 5.74) is 0.865. The van der Waals surface area contributed by atoms with Crippen LogP contribution in [-0.4, -0.2) is 59.6 Å². The minimum absolute atomic E-state index is 0.273. The number of hydrogen-bond acceptors (Lipinski definition) is 7. The summed E-state index contributed by atoms with van der Waals surface area (Å²) in [6.07, 6.45) is 2.94. The zero-order chi connectivity index (χ0) is 17.5. The summed E-state index contributed by atoms with van der Waals surface area (Å²) in [6, 6.07) is 3.20. The molecular weight excluding hydrogens is 354 g/mol. The first-order chi connectivity index (χ1) is 11.3. The molecular formula is C14H13N3O5S2. The first-order valence-corrected chi connectivity index (χ1v) is 9.64. The number of carbonyl (C=O) groups excluding carboxylic acids is 1. The highest BCUT2D eigenvalue weighted by Crippen LogP contribution is 2.34. The van der Waals surface area contributed by atoms with Crippen LogP contribution in [0.3, 0.4) is 0 Å². The summed E-state index contributed by atoms with van der Waals surface area (Å²) in [5, 5.41) is 8.58. The maximum Gasteiger partial charge on any atom is 0.323 e. The van der Waals surface area contributed by atoms with Crippen molar-refractivity contribution in [3.8, 4) is 10.6 Å². The second kappa shape index (κ2) is 5.95. The molecule has 0 atom stereocenters. The van der Waals surface area contributed by atoms with E-state index in [4.69, 9.17) is 5.11 Å². The fourth-order valence-corrected chi connectivity index (χ4v) is 4.03. The van der Waals surface area contributed by atoms with Crippen molar-refractivity contribution in [2.45, 2.75) is 11.6 Å². The van der Waals surface area contributed by atoms with Crippen LogP contribution in [0, 0.1) is 0 Å². The fourth-order valence-electron chi connectivity index (χ4n) is 2.40. The quantitative estimate of drug-likeness (QED) is 0.790. The van der Waals surface area contributed by atoms with E-state index in [0.29, 0.717) is 29.1 Å². The Morgan fingerprint density at radius 2 is 2.21 bits per heavy atom. The van der Waals surface area contributed by atoms with Crippen LogP contribution in [0.4, 0.5) is 0 Å². The SMILES string of the molecule is CS(=O)(=O)c1nccc(-c2cc3c(s2)CCN(CC(=O)O)C3=O)n1. The van der Waals surface area contributed by atoms with Crippen LogP contribution in [0.2, 0.25) is 0 Å². The number of nitrogens with zero attached hydrogens (tertiary/aromatic N) is 3. The average molecular weight is 367 g/mol. The summed E-state index contributed by atoms with van der Waals surface area (Å²) in [4.78, 5) is 33.7. The molecule has 0 unspecified atom stereocenters. The molecule has 0 aromatic carbocycles. The molecule has 1 amide bonds. The Hall–Kier alpha value is -2.33. The molecule has 24 heavy (non-hydrogen) atoms. The third-order valence-corrected chi connectivity index (χ3v) is 5.56. The number of carbonyl (C=O) groups is 2. The van der Waals surface area contributed by atoms with Gasteiger partial charge >= 0.3 is 5.97 Å². The highest BCUT2D eigenvalue weighted by atomic mass is 32.2. The van der Waals surface area contributed by atoms with Crippen LogP contribution in [0.1, 0.15) is 15.2 Å². The van der Waals surface area contributed by atoms with Gasteiger partial charge in [0.1, 0.15) is 6.54 Å². The van der Waals surface area contributed by atoms with E-state index in [2.05, 4.69) is 9.97 Å². The molecule has 0 spiro atoms. The van der Waals surface area contributed by atoms with Crippen LogP contribution in [0.25, 0.3) is 10.6 Å². The average Bonchev–Trinajstić information content (AvgIpc) is 2.94. The summed E-state index contributed by atoms with van der Waals surface area (Å²) in [5.74, 6) is -1.39. The summed E-state index contributed by atoms with van der Waals surface area (Å²) in [7, 11) is -3.53. The molecule has 0 aliphatic carbocycles. The summed E-state index contributed by atoms with van der Waals surface area (Å²) in [6.45, 7) is 0.00559. The number of thiophene rings is 1. The van der Waals surface area contributed by atoms with Gasteiger partial charge in [0.05, 0.1) is 16.1 Å². The molecule has 2 aromatic heterocycles. The van der Waals surface area contributed by atoms with Gasteiger partial charge in [0.2, 0.25) is 15.0 Å². The van der Waals surface area contributed by atoms with Crippen molar-refractivity contribution >= 4 is 33.1 Å². The van der Waals surface area contributed by atoms with Gasteiger partial charge in [0.25, 0.3) is 5.91 Å². The van der Waals surface area contributed by atoms with Crippen LogP contribution in [-0.2, 0) is 21.1 Å². The van der Waals surface area contributed by atoms with Crippen LogP contribution in [0.5, 0.6) is 0 Å². The second-order valence-electron chi connectivity index (χ2n) is 5.31. The molecule has 0 saturated heterocycles. The van der Waals surface area contributed by atoms with Crippen LogP contribution < -0.4 is 0 Å². The van der Waals surface area contributed by atoms with E-state index in [0.717, 1.165) is 11.1 Å². The van der Waals surface area contributed by atoms with Crippen LogP contribution in [0.15, 0.2) is 23.5 Å². The molecule has 1 aliphatic heterocycles. The van der Waals surface area contributed by atoms with Gasteiger partial charge < -0.3 is 10.0 Å². The van der Waals surface area contributed by atoms with Crippen molar-refractivity contribution < 1.29 is 23.1 Å². The van der Waals surface area contributed by atoms with Gasteiger partial charge in [-0.15, -0.1) is 11.3 Å². The van der Waals surface area contributed by atoms with E-state index in [1.54, 1.807) is 12.1 Å². The molecule has 10 heteroatoms. The number of amides is 1. The third kappa shape index (κ3) is 3.15. The molecule has 126 valence electrons. The fraction of sp³-hybridized carbons (Fsp3) is 0.286. The lowest BCUT2D eigenvalue weighted by Gasteiger charge is -2.24. The van der Waals surface area contributed by atoms with Gasteiger partial charge in [0, 0.05) is 30.3 Å². The predicted molar refractivity (Wildman–Crippen MR) is 85.7 cm³/mol. The van der Waals surface area contributed by atoms with Crippen molar-refractivity contribution in [2.24, 2.45) is 0 Å². The van der Waals surface area contributed by atoms with E-state index in [9.17, 15) is 18.0 Å². The van der Waals surface area contributed by atoms with E-state index in [-0.39, 0.29) is 17.6 Å². The number of hydrogen-bond donors (Lipinski definition) is 1. The van der Waals surface area contributed by atoms with Crippen molar-refractivity contribution in [2.75, 3.05) is 19.3 Å². The number of aromatic nitrogens is 2. The smallest absolute Gasteiger partial charge is 0.323 e. The number of aliphatic carboxylic acids is 1. The lowest BCUT2D eigenvalue weighted by atomic mass is 10.1. The maximum atomic E-state index is 12.4. The zero-order valence-electron chi connectivity index (χ0n) is 12.6. The summed E-state index contributed by atoms with van der Waals surface area (Å²) >= 11 is 1.35. The van der Waals surface area contributed by atoms with Gasteiger partial charge in [-0.3, -0.25) is 9.59 Å². The molecule has 0 fully saturated rings. The Labute approximate surface area is 141 Å². The van der Waals surface area contributed by atoms with E-state index in [1.165, 1.54) is 22.4 Å². The van der Waals surface area contributed by atoms with E-state index in [1.807, 2.05) is 0 Å². The van der Waals surface area contributed by atoms with Gasteiger partial charge in [-0.05, 0) is 12.1 Å². The molecule has 8 nitrogen and oxygen atoms in total. The zero-order valence-corrected chi connectivity index (χ0v) is 14.2. The van der Waals surface area contributed by atoms with Crippen LogP contribution >= 0.6 is 11.3 Å². The lowest BCUT2D eigenvalue weighted by molar-refractivity contribution is -0.137. The molecule has 3 heterocycles. The number of sulfone groups is 1.